The van der Waals surface area contributed by atoms with Gasteiger partial charge in [0, 0.05) is 29.7 Å². The number of amides is 1. The van der Waals surface area contributed by atoms with Gasteiger partial charge in [-0.2, -0.15) is 0 Å². The van der Waals surface area contributed by atoms with E-state index in [9.17, 15) is 4.79 Å². The Morgan fingerprint density at radius 3 is 2.40 bits per heavy atom. The Balaban J connectivity index is 2.04. The van der Waals surface area contributed by atoms with Crippen molar-refractivity contribution in [3.05, 3.63) is 67.3 Å². The summed E-state index contributed by atoms with van der Waals surface area (Å²) < 4.78 is 0. The molecule has 0 aliphatic carbocycles. The molecule has 4 nitrogen and oxygen atoms in total. The predicted octanol–water partition coefficient (Wildman–Crippen LogP) is 3.21. The molecule has 100 valence electrons. The van der Waals surface area contributed by atoms with Crippen molar-refractivity contribution < 1.29 is 4.79 Å². The van der Waals surface area contributed by atoms with E-state index >= 15 is 0 Å². The van der Waals surface area contributed by atoms with Crippen LogP contribution in [-0.2, 0) is 4.79 Å². The summed E-state index contributed by atoms with van der Waals surface area (Å²) in [5.41, 5.74) is 2.70. The van der Waals surface area contributed by atoms with Gasteiger partial charge in [0.15, 0.2) is 0 Å². The van der Waals surface area contributed by atoms with E-state index < -0.39 is 0 Å². The van der Waals surface area contributed by atoms with E-state index in [1.54, 1.807) is 24.5 Å². The van der Waals surface area contributed by atoms with Crippen LogP contribution in [0.5, 0.6) is 0 Å². The minimum absolute atomic E-state index is 0.154. The number of rotatable bonds is 4. The van der Waals surface area contributed by atoms with E-state index in [-0.39, 0.29) is 5.91 Å². The average molecular weight is 265 g/mol. The maximum absolute atomic E-state index is 11.6. The van der Waals surface area contributed by atoms with Crippen molar-refractivity contribution in [1.82, 2.24) is 9.97 Å². The minimum Gasteiger partial charge on any atom is -0.323 e. The van der Waals surface area contributed by atoms with E-state index in [1.165, 1.54) is 12.4 Å². The molecule has 0 atom stereocenters. The molecule has 0 saturated heterocycles. The predicted molar refractivity (Wildman–Crippen MR) is 80.1 cm³/mol. The van der Waals surface area contributed by atoms with Crippen LogP contribution in [0.1, 0.15) is 6.92 Å². The van der Waals surface area contributed by atoms with Gasteiger partial charge in [-0.1, -0.05) is 30.4 Å². The summed E-state index contributed by atoms with van der Waals surface area (Å²) in [4.78, 5) is 19.5. The molecule has 2 rings (SSSR count). The number of carbonyl (C=O) groups is 1. The number of benzene rings is 1. The largest absolute Gasteiger partial charge is 0.323 e. The summed E-state index contributed by atoms with van der Waals surface area (Å²) in [6, 6.07) is 7.54. The molecular weight excluding hydrogens is 250 g/mol. The molecule has 1 N–H and O–H groups in total. The summed E-state index contributed by atoms with van der Waals surface area (Å²) >= 11 is 0. The lowest BCUT2D eigenvalue weighted by Crippen LogP contribution is -2.07. The van der Waals surface area contributed by atoms with Crippen LogP contribution in [0.3, 0.4) is 0 Å². The molecule has 0 saturated carbocycles. The Bertz CT molecular complexity index is 616. The molecule has 0 fully saturated rings. The fourth-order valence-corrected chi connectivity index (χ4v) is 1.63. The van der Waals surface area contributed by atoms with Crippen LogP contribution in [0.2, 0.25) is 0 Å². The molecule has 0 aliphatic heterocycles. The Kier molecular flexibility index (Phi) is 4.78. The van der Waals surface area contributed by atoms with Crippen molar-refractivity contribution >= 4 is 11.6 Å². The van der Waals surface area contributed by atoms with E-state index in [4.69, 9.17) is 0 Å². The zero-order valence-corrected chi connectivity index (χ0v) is 11.2. The highest BCUT2D eigenvalue weighted by Crippen LogP contribution is 2.19. The quantitative estimate of drug-likeness (QED) is 0.682. The van der Waals surface area contributed by atoms with E-state index in [0.717, 1.165) is 16.8 Å². The summed E-state index contributed by atoms with van der Waals surface area (Å²) in [6.45, 7) is 1.90. The lowest BCUT2D eigenvalue weighted by Gasteiger charge is -2.04. The Labute approximate surface area is 117 Å². The molecule has 0 unspecified atom stereocenters. The highest BCUT2D eigenvalue weighted by molar-refractivity contribution is 5.99. The van der Waals surface area contributed by atoms with Crippen molar-refractivity contribution in [3.63, 3.8) is 0 Å². The molecule has 1 amide bonds. The van der Waals surface area contributed by atoms with Gasteiger partial charge in [-0.05, 0) is 24.6 Å². The van der Waals surface area contributed by atoms with Gasteiger partial charge in [-0.15, -0.1) is 0 Å². The molecule has 0 aliphatic rings. The Morgan fingerprint density at radius 1 is 1.05 bits per heavy atom. The number of aromatic nitrogens is 2. The number of nitrogens with one attached hydrogen (secondary N) is 1. The third kappa shape index (κ3) is 3.88. The first kappa shape index (κ1) is 13.7. The van der Waals surface area contributed by atoms with Gasteiger partial charge in [-0.3, -0.25) is 4.79 Å². The van der Waals surface area contributed by atoms with Crippen molar-refractivity contribution in [2.24, 2.45) is 0 Å². The molecule has 1 heterocycles. The van der Waals surface area contributed by atoms with Gasteiger partial charge in [0.2, 0.25) is 5.91 Å². The average Bonchev–Trinajstić information content (AvgIpc) is 2.49. The summed E-state index contributed by atoms with van der Waals surface area (Å²) in [7, 11) is 0. The first-order valence-corrected chi connectivity index (χ1v) is 6.25. The van der Waals surface area contributed by atoms with Crippen LogP contribution in [0.15, 0.2) is 67.3 Å². The van der Waals surface area contributed by atoms with Gasteiger partial charge in [0.1, 0.15) is 6.33 Å². The van der Waals surface area contributed by atoms with Crippen LogP contribution in [0.25, 0.3) is 11.1 Å². The van der Waals surface area contributed by atoms with Crippen LogP contribution >= 0.6 is 0 Å². The van der Waals surface area contributed by atoms with Crippen molar-refractivity contribution in [3.8, 4) is 11.1 Å². The van der Waals surface area contributed by atoms with Gasteiger partial charge in [-0.25, -0.2) is 9.97 Å². The number of anilines is 1. The molecule has 2 aromatic rings. The number of carbonyl (C=O) groups excluding carboxylic acids is 1. The lowest BCUT2D eigenvalue weighted by atomic mass is 10.1. The third-order valence-electron chi connectivity index (χ3n) is 2.60. The number of hydrogen-bond acceptors (Lipinski definition) is 3. The molecule has 0 radical (unpaired) electrons. The lowest BCUT2D eigenvalue weighted by molar-refractivity contribution is -0.111. The summed E-state index contributed by atoms with van der Waals surface area (Å²) in [5.74, 6) is -0.154. The van der Waals surface area contributed by atoms with Crippen LogP contribution in [0, 0.1) is 0 Å². The molecule has 1 aromatic heterocycles. The van der Waals surface area contributed by atoms with Crippen LogP contribution < -0.4 is 5.32 Å². The van der Waals surface area contributed by atoms with E-state index in [2.05, 4.69) is 15.3 Å². The number of hydrogen-bond donors (Lipinski definition) is 1. The maximum Gasteiger partial charge on any atom is 0.248 e. The highest BCUT2D eigenvalue weighted by Gasteiger charge is 2.00. The van der Waals surface area contributed by atoms with Gasteiger partial charge < -0.3 is 5.32 Å². The van der Waals surface area contributed by atoms with Gasteiger partial charge in [0.05, 0.1) is 0 Å². The van der Waals surface area contributed by atoms with Crippen LogP contribution in [0.4, 0.5) is 5.69 Å². The summed E-state index contributed by atoms with van der Waals surface area (Å²) in [5, 5.41) is 2.79. The maximum atomic E-state index is 11.6. The van der Waals surface area contributed by atoms with Gasteiger partial charge >= 0.3 is 0 Å². The minimum atomic E-state index is -0.154. The van der Waals surface area contributed by atoms with Crippen molar-refractivity contribution in [2.75, 3.05) is 5.32 Å². The molecular formula is C16H15N3O. The SMILES string of the molecule is C/C=C/C=C/C(=O)Nc1ccc(-c2cncnc2)cc1. The molecule has 20 heavy (non-hydrogen) atoms. The number of nitrogens with zero attached hydrogens (tertiary/aromatic N) is 2. The fraction of sp³-hybridized carbons (Fsp3) is 0.0625. The molecule has 0 bridgehead atoms. The standard InChI is InChI=1S/C16H15N3O/c1-2-3-4-5-16(20)19-15-8-6-13(7-9-15)14-10-17-12-18-11-14/h2-12H,1H3,(H,19,20)/b3-2+,5-4+. The molecule has 4 heteroatoms. The van der Waals surface area contributed by atoms with Gasteiger partial charge in [0.25, 0.3) is 0 Å². The van der Waals surface area contributed by atoms with E-state index in [0.29, 0.717) is 0 Å². The van der Waals surface area contributed by atoms with Crippen molar-refractivity contribution in [1.29, 1.82) is 0 Å². The van der Waals surface area contributed by atoms with Crippen LogP contribution in [-0.4, -0.2) is 15.9 Å². The first-order chi connectivity index (χ1) is 9.79. The second kappa shape index (κ2) is 6.99. The molecule has 0 spiro atoms. The van der Waals surface area contributed by atoms with Crippen molar-refractivity contribution in [2.45, 2.75) is 6.92 Å². The Morgan fingerprint density at radius 2 is 1.75 bits per heavy atom. The van der Waals surface area contributed by atoms with E-state index in [1.807, 2.05) is 37.3 Å². The topological polar surface area (TPSA) is 54.9 Å². The zero-order chi connectivity index (χ0) is 14.2. The highest BCUT2D eigenvalue weighted by atomic mass is 16.1. The second-order valence-electron chi connectivity index (χ2n) is 4.08. The molecule has 1 aromatic carbocycles. The monoisotopic (exact) mass is 265 g/mol. The second-order valence-corrected chi connectivity index (χ2v) is 4.08. The third-order valence-corrected chi connectivity index (χ3v) is 2.60. The Hall–Kier alpha value is -2.75. The smallest absolute Gasteiger partial charge is 0.248 e. The first-order valence-electron chi connectivity index (χ1n) is 6.25. The number of allylic oxidation sites excluding steroid dienone is 3. The normalized spacial score (nSPS) is 11.1. The zero-order valence-electron chi connectivity index (χ0n) is 11.2. The fourth-order valence-electron chi connectivity index (χ4n) is 1.63. The summed E-state index contributed by atoms with van der Waals surface area (Å²) in [6.07, 6.45) is 11.8.